The van der Waals surface area contributed by atoms with Gasteiger partial charge in [0.15, 0.2) is 0 Å². The van der Waals surface area contributed by atoms with E-state index in [-0.39, 0.29) is 5.56 Å². The fourth-order valence-corrected chi connectivity index (χ4v) is 1.47. The highest BCUT2D eigenvalue weighted by Crippen LogP contribution is 2.15. The molecule has 2 aromatic heterocycles. The maximum atomic E-state index is 11.1. The molecular formula is C11H13N3O. The van der Waals surface area contributed by atoms with Gasteiger partial charge in [0.1, 0.15) is 5.82 Å². The van der Waals surface area contributed by atoms with Gasteiger partial charge in [-0.3, -0.25) is 4.79 Å². The van der Waals surface area contributed by atoms with Gasteiger partial charge >= 0.3 is 0 Å². The molecule has 0 aliphatic carbocycles. The van der Waals surface area contributed by atoms with E-state index in [1.807, 2.05) is 20.8 Å². The van der Waals surface area contributed by atoms with Crippen LogP contribution in [-0.4, -0.2) is 15.0 Å². The van der Waals surface area contributed by atoms with Crippen LogP contribution in [0.5, 0.6) is 0 Å². The number of nitrogens with one attached hydrogen (secondary N) is 1. The number of hydrogen-bond acceptors (Lipinski definition) is 3. The van der Waals surface area contributed by atoms with Crippen molar-refractivity contribution in [3.63, 3.8) is 0 Å². The first-order chi connectivity index (χ1) is 7.08. The Morgan fingerprint density at radius 2 is 2.00 bits per heavy atom. The highest BCUT2D eigenvalue weighted by molar-refractivity contribution is 5.75. The molecule has 0 aliphatic heterocycles. The maximum absolute atomic E-state index is 11.1. The van der Waals surface area contributed by atoms with E-state index in [1.165, 1.54) is 6.07 Å². The van der Waals surface area contributed by atoms with Crippen molar-refractivity contribution in [2.45, 2.75) is 26.7 Å². The Hall–Kier alpha value is -1.71. The largest absolute Gasteiger partial charge is 0.319 e. The molecule has 0 aliphatic rings. The molecule has 0 saturated heterocycles. The van der Waals surface area contributed by atoms with Crippen molar-refractivity contribution in [3.05, 3.63) is 34.0 Å². The Kier molecular flexibility index (Phi) is 2.26. The molecule has 1 N–H and O–H groups in total. The van der Waals surface area contributed by atoms with Crippen LogP contribution in [0.4, 0.5) is 0 Å². The number of aromatic amines is 1. The first-order valence-corrected chi connectivity index (χ1v) is 4.95. The minimum absolute atomic E-state index is 0.119. The lowest BCUT2D eigenvalue weighted by Crippen LogP contribution is -2.07. The number of H-pyrrole nitrogens is 1. The molecular weight excluding hydrogens is 190 g/mol. The summed E-state index contributed by atoms with van der Waals surface area (Å²) in [4.78, 5) is 22.6. The van der Waals surface area contributed by atoms with Crippen molar-refractivity contribution in [1.82, 2.24) is 15.0 Å². The zero-order chi connectivity index (χ0) is 11.0. The van der Waals surface area contributed by atoms with E-state index in [4.69, 9.17) is 0 Å². The van der Waals surface area contributed by atoms with Crippen LogP contribution >= 0.6 is 0 Å². The summed E-state index contributed by atoms with van der Waals surface area (Å²) in [7, 11) is 0. The summed E-state index contributed by atoms with van der Waals surface area (Å²) in [5.74, 6) is 1.10. The summed E-state index contributed by atoms with van der Waals surface area (Å²) in [6.45, 7) is 5.98. The SMILES string of the molecule is Cc1nc(C(C)C)nc2ccc(=O)[nH]c12. The standard InChI is InChI=1S/C11H13N3O/c1-6(2)11-12-7(3)10-8(13-11)4-5-9(15)14-10/h4-6H,1-3H3,(H,14,15). The second kappa shape index (κ2) is 3.46. The van der Waals surface area contributed by atoms with E-state index in [0.29, 0.717) is 5.92 Å². The average molecular weight is 203 g/mol. The minimum Gasteiger partial charge on any atom is -0.319 e. The maximum Gasteiger partial charge on any atom is 0.248 e. The third kappa shape index (κ3) is 1.75. The van der Waals surface area contributed by atoms with Crippen LogP contribution < -0.4 is 5.56 Å². The second-order valence-corrected chi connectivity index (χ2v) is 3.90. The number of hydrogen-bond donors (Lipinski definition) is 1. The number of aryl methyl sites for hydroxylation is 1. The highest BCUT2D eigenvalue weighted by Gasteiger charge is 2.07. The smallest absolute Gasteiger partial charge is 0.248 e. The van der Waals surface area contributed by atoms with Gasteiger partial charge in [0.25, 0.3) is 0 Å². The zero-order valence-electron chi connectivity index (χ0n) is 9.03. The van der Waals surface area contributed by atoms with Crippen LogP contribution in [0.3, 0.4) is 0 Å². The molecule has 4 nitrogen and oxygen atoms in total. The fourth-order valence-electron chi connectivity index (χ4n) is 1.47. The summed E-state index contributed by atoms with van der Waals surface area (Å²) in [6.07, 6.45) is 0. The van der Waals surface area contributed by atoms with Gasteiger partial charge in [-0.1, -0.05) is 13.8 Å². The van der Waals surface area contributed by atoms with E-state index >= 15 is 0 Å². The predicted molar refractivity (Wildman–Crippen MR) is 59.0 cm³/mol. The molecule has 15 heavy (non-hydrogen) atoms. The molecule has 2 aromatic rings. The molecule has 2 heterocycles. The summed E-state index contributed by atoms with van der Waals surface area (Å²) < 4.78 is 0. The van der Waals surface area contributed by atoms with E-state index in [1.54, 1.807) is 6.07 Å². The molecule has 0 spiro atoms. The molecule has 0 saturated carbocycles. The average Bonchev–Trinajstić information content (AvgIpc) is 2.18. The van der Waals surface area contributed by atoms with Crippen LogP contribution in [0, 0.1) is 6.92 Å². The first-order valence-electron chi connectivity index (χ1n) is 4.95. The van der Waals surface area contributed by atoms with Crippen LogP contribution in [0.25, 0.3) is 11.0 Å². The van der Waals surface area contributed by atoms with Crippen molar-refractivity contribution in [1.29, 1.82) is 0 Å². The lowest BCUT2D eigenvalue weighted by molar-refractivity contribution is 0.775. The number of nitrogens with zero attached hydrogens (tertiary/aromatic N) is 2. The Balaban J connectivity index is 2.78. The van der Waals surface area contributed by atoms with Crippen molar-refractivity contribution in [3.8, 4) is 0 Å². The lowest BCUT2D eigenvalue weighted by atomic mass is 10.2. The van der Waals surface area contributed by atoms with Crippen LogP contribution in [-0.2, 0) is 0 Å². The van der Waals surface area contributed by atoms with Gasteiger partial charge in [-0.2, -0.15) is 0 Å². The quantitative estimate of drug-likeness (QED) is 0.768. The highest BCUT2D eigenvalue weighted by atomic mass is 16.1. The monoisotopic (exact) mass is 203 g/mol. The van der Waals surface area contributed by atoms with E-state index in [2.05, 4.69) is 15.0 Å². The molecule has 0 unspecified atom stereocenters. The third-order valence-corrected chi connectivity index (χ3v) is 2.29. The van der Waals surface area contributed by atoms with Crippen LogP contribution in [0.2, 0.25) is 0 Å². The van der Waals surface area contributed by atoms with Gasteiger partial charge in [0.2, 0.25) is 5.56 Å². The van der Waals surface area contributed by atoms with Gasteiger partial charge in [0, 0.05) is 12.0 Å². The number of fused-ring (bicyclic) bond motifs is 1. The molecule has 0 atom stereocenters. The van der Waals surface area contributed by atoms with Crippen molar-refractivity contribution >= 4 is 11.0 Å². The Labute approximate surface area is 87.4 Å². The Morgan fingerprint density at radius 1 is 1.27 bits per heavy atom. The Morgan fingerprint density at radius 3 is 2.67 bits per heavy atom. The summed E-state index contributed by atoms with van der Waals surface area (Å²) in [5.41, 5.74) is 2.23. The molecule has 0 amide bonds. The molecule has 2 rings (SSSR count). The predicted octanol–water partition coefficient (Wildman–Crippen LogP) is 1.75. The third-order valence-electron chi connectivity index (χ3n) is 2.29. The van der Waals surface area contributed by atoms with Gasteiger partial charge in [0.05, 0.1) is 16.7 Å². The lowest BCUT2D eigenvalue weighted by Gasteiger charge is -2.06. The molecule has 0 bridgehead atoms. The number of pyridine rings is 1. The molecule has 0 aromatic carbocycles. The van der Waals surface area contributed by atoms with Crippen LogP contribution in [0.1, 0.15) is 31.3 Å². The van der Waals surface area contributed by atoms with Crippen LogP contribution in [0.15, 0.2) is 16.9 Å². The molecule has 78 valence electrons. The van der Waals surface area contributed by atoms with Gasteiger partial charge < -0.3 is 4.98 Å². The minimum atomic E-state index is -0.119. The van der Waals surface area contributed by atoms with Gasteiger partial charge in [-0.05, 0) is 13.0 Å². The van der Waals surface area contributed by atoms with Gasteiger partial charge in [-0.25, -0.2) is 9.97 Å². The van der Waals surface area contributed by atoms with E-state index in [9.17, 15) is 4.79 Å². The van der Waals surface area contributed by atoms with Gasteiger partial charge in [-0.15, -0.1) is 0 Å². The summed E-state index contributed by atoms with van der Waals surface area (Å²) >= 11 is 0. The fraction of sp³-hybridized carbons (Fsp3) is 0.364. The molecule has 0 fully saturated rings. The number of rotatable bonds is 1. The van der Waals surface area contributed by atoms with Crippen molar-refractivity contribution in [2.75, 3.05) is 0 Å². The second-order valence-electron chi connectivity index (χ2n) is 3.90. The topological polar surface area (TPSA) is 58.6 Å². The molecule has 0 radical (unpaired) electrons. The summed E-state index contributed by atoms with van der Waals surface area (Å²) in [6, 6.07) is 3.22. The van der Waals surface area contributed by atoms with E-state index < -0.39 is 0 Å². The van der Waals surface area contributed by atoms with E-state index in [0.717, 1.165) is 22.6 Å². The van der Waals surface area contributed by atoms with Crippen molar-refractivity contribution < 1.29 is 0 Å². The molecule has 4 heteroatoms. The summed E-state index contributed by atoms with van der Waals surface area (Å²) in [5, 5.41) is 0. The zero-order valence-corrected chi connectivity index (χ0v) is 9.03. The first kappa shape index (κ1) is 9.83. The normalized spacial score (nSPS) is 11.2. The Bertz CT molecular complexity index is 557. The number of aromatic nitrogens is 3. The van der Waals surface area contributed by atoms with Crippen molar-refractivity contribution in [2.24, 2.45) is 0 Å².